The van der Waals surface area contributed by atoms with Crippen molar-refractivity contribution < 1.29 is 9.53 Å². The molecule has 0 radical (unpaired) electrons. The Hall–Kier alpha value is -0.770. The van der Waals surface area contributed by atoms with Gasteiger partial charge < -0.3 is 15.4 Å². The zero-order valence-electron chi connectivity index (χ0n) is 11.1. The second-order valence-corrected chi connectivity index (χ2v) is 6.38. The molecule has 17 heavy (non-hydrogen) atoms. The van der Waals surface area contributed by atoms with Gasteiger partial charge in [0.1, 0.15) is 5.60 Å². The van der Waals surface area contributed by atoms with E-state index in [-0.39, 0.29) is 12.1 Å². The van der Waals surface area contributed by atoms with Crippen LogP contribution in [0.25, 0.3) is 0 Å². The number of hydrogen-bond donors (Lipinski definition) is 1. The largest absolute Gasteiger partial charge is 0.444 e. The smallest absolute Gasteiger partial charge is 0.410 e. The molecule has 0 aromatic carbocycles. The molecule has 1 aliphatic carbocycles. The van der Waals surface area contributed by atoms with Crippen molar-refractivity contribution in [3.05, 3.63) is 0 Å². The molecule has 0 aromatic rings. The zero-order valence-corrected chi connectivity index (χ0v) is 11.1. The quantitative estimate of drug-likeness (QED) is 0.762. The summed E-state index contributed by atoms with van der Waals surface area (Å²) in [4.78, 5) is 13.8. The van der Waals surface area contributed by atoms with Gasteiger partial charge in [-0.1, -0.05) is 0 Å². The first-order valence-electron chi connectivity index (χ1n) is 6.60. The molecule has 2 atom stereocenters. The number of piperidine rings is 1. The molecule has 0 unspecified atom stereocenters. The minimum absolute atomic E-state index is 0.185. The van der Waals surface area contributed by atoms with Crippen LogP contribution in [0.2, 0.25) is 0 Å². The Labute approximate surface area is 103 Å². The van der Waals surface area contributed by atoms with Gasteiger partial charge in [-0.3, -0.25) is 0 Å². The number of carbonyl (C=O) groups excluding carboxylic acids is 1. The number of rotatable bonds is 1. The molecule has 2 rings (SSSR count). The molecule has 1 aliphatic heterocycles. The predicted octanol–water partition coefficient (Wildman–Crippen LogP) is 1.98. The van der Waals surface area contributed by atoms with E-state index in [1.165, 1.54) is 12.8 Å². The van der Waals surface area contributed by atoms with Crippen LogP contribution in [0.4, 0.5) is 4.79 Å². The molecule has 1 saturated carbocycles. The molecule has 2 N–H and O–H groups in total. The van der Waals surface area contributed by atoms with E-state index in [0.717, 1.165) is 25.4 Å². The molecule has 2 fully saturated rings. The van der Waals surface area contributed by atoms with Gasteiger partial charge in [0.05, 0.1) is 0 Å². The normalized spacial score (nSPS) is 30.2. The van der Waals surface area contributed by atoms with Crippen molar-refractivity contribution in [3.63, 3.8) is 0 Å². The van der Waals surface area contributed by atoms with E-state index in [2.05, 4.69) is 0 Å². The summed E-state index contributed by atoms with van der Waals surface area (Å²) in [6, 6.07) is 0.265. The second kappa shape index (κ2) is 4.48. The van der Waals surface area contributed by atoms with Crippen molar-refractivity contribution in [1.29, 1.82) is 0 Å². The van der Waals surface area contributed by atoms with E-state index < -0.39 is 5.60 Å². The van der Waals surface area contributed by atoms with E-state index >= 15 is 0 Å². The van der Waals surface area contributed by atoms with E-state index in [4.69, 9.17) is 10.5 Å². The van der Waals surface area contributed by atoms with Crippen LogP contribution in [0.15, 0.2) is 0 Å². The van der Waals surface area contributed by atoms with E-state index in [9.17, 15) is 4.79 Å². The van der Waals surface area contributed by atoms with Gasteiger partial charge in [0, 0.05) is 19.1 Å². The van der Waals surface area contributed by atoms with Crippen LogP contribution in [-0.2, 0) is 4.74 Å². The highest BCUT2D eigenvalue weighted by molar-refractivity contribution is 5.68. The lowest BCUT2D eigenvalue weighted by atomic mass is 9.89. The van der Waals surface area contributed by atoms with Crippen molar-refractivity contribution >= 4 is 6.09 Å². The van der Waals surface area contributed by atoms with Crippen LogP contribution in [0.1, 0.15) is 40.0 Å². The van der Waals surface area contributed by atoms with Crippen molar-refractivity contribution in [2.24, 2.45) is 17.6 Å². The first kappa shape index (κ1) is 12.7. The molecule has 4 nitrogen and oxygen atoms in total. The lowest BCUT2D eigenvalue weighted by Crippen LogP contribution is -2.51. The number of amides is 1. The van der Waals surface area contributed by atoms with Crippen molar-refractivity contribution in [3.8, 4) is 0 Å². The third kappa shape index (κ3) is 3.35. The molecule has 2 aliphatic rings. The van der Waals surface area contributed by atoms with Gasteiger partial charge in [0.15, 0.2) is 0 Å². The standard InChI is InChI=1S/C13H24N2O2/c1-13(2,3)17-12(16)15-7-6-11(14)10(8-15)9-4-5-9/h9-11H,4-8,14H2,1-3H3/t10-,11+/m0/s1. The number of likely N-dealkylation sites (tertiary alicyclic amines) is 1. The highest BCUT2D eigenvalue weighted by atomic mass is 16.6. The maximum atomic E-state index is 12.0. The van der Waals surface area contributed by atoms with Gasteiger partial charge in [-0.15, -0.1) is 0 Å². The Kier molecular flexibility index (Phi) is 3.34. The van der Waals surface area contributed by atoms with Crippen LogP contribution < -0.4 is 5.73 Å². The van der Waals surface area contributed by atoms with Crippen molar-refractivity contribution in [1.82, 2.24) is 4.90 Å². The first-order valence-corrected chi connectivity index (χ1v) is 6.60. The van der Waals surface area contributed by atoms with Gasteiger partial charge in [0.25, 0.3) is 0 Å². The first-order chi connectivity index (χ1) is 7.87. The molecular weight excluding hydrogens is 216 g/mol. The molecule has 98 valence electrons. The van der Waals surface area contributed by atoms with Gasteiger partial charge in [-0.2, -0.15) is 0 Å². The second-order valence-electron chi connectivity index (χ2n) is 6.38. The van der Waals surface area contributed by atoms with E-state index in [1.54, 1.807) is 0 Å². The minimum Gasteiger partial charge on any atom is -0.444 e. The maximum absolute atomic E-state index is 12.0. The lowest BCUT2D eigenvalue weighted by Gasteiger charge is -2.37. The van der Waals surface area contributed by atoms with Gasteiger partial charge in [-0.25, -0.2) is 4.79 Å². The van der Waals surface area contributed by atoms with Crippen LogP contribution in [0.5, 0.6) is 0 Å². The fourth-order valence-electron chi connectivity index (χ4n) is 2.52. The average Bonchev–Trinajstić information content (AvgIpc) is 2.99. The highest BCUT2D eigenvalue weighted by Gasteiger charge is 2.40. The average molecular weight is 240 g/mol. The number of nitrogens with two attached hydrogens (primary N) is 1. The summed E-state index contributed by atoms with van der Waals surface area (Å²) in [5.74, 6) is 1.23. The van der Waals surface area contributed by atoms with Gasteiger partial charge >= 0.3 is 6.09 Å². The molecule has 0 aromatic heterocycles. The summed E-state index contributed by atoms with van der Waals surface area (Å²) < 4.78 is 5.41. The van der Waals surface area contributed by atoms with Gasteiger partial charge in [-0.05, 0) is 51.9 Å². The Morgan fingerprint density at radius 2 is 1.94 bits per heavy atom. The Bertz CT molecular complexity index is 294. The lowest BCUT2D eigenvalue weighted by molar-refractivity contribution is 0.0134. The summed E-state index contributed by atoms with van der Waals surface area (Å²) >= 11 is 0. The van der Waals surface area contributed by atoms with Crippen LogP contribution in [-0.4, -0.2) is 35.7 Å². The number of carbonyl (C=O) groups is 1. The minimum atomic E-state index is -0.411. The summed E-state index contributed by atoms with van der Waals surface area (Å²) in [5.41, 5.74) is 5.72. The summed E-state index contributed by atoms with van der Waals surface area (Å²) in [6.45, 7) is 7.22. The van der Waals surface area contributed by atoms with Crippen molar-refractivity contribution in [2.75, 3.05) is 13.1 Å². The summed E-state index contributed by atoms with van der Waals surface area (Å²) in [6.07, 6.45) is 3.27. The number of nitrogens with zero attached hydrogens (tertiary/aromatic N) is 1. The molecular formula is C13H24N2O2. The topological polar surface area (TPSA) is 55.6 Å². The zero-order chi connectivity index (χ0) is 12.6. The molecule has 0 bridgehead atoms. The Balaban J connectivity index is 1.91. The maximum Gasteiger partial charge on any atom is 0.410 e. The molecule has 0 spiro atoms. The van der Waals surface area contributed by atoms with Gasteiger partial charge in [0.2, 0.25) is 0 Å². The van der Waals surface area contributed by atoms with E-state index in [0.29, 0.717) is 5.92 Å². The Morgan fingerprint density at radius 1 is 1.29 bits per heavy atom. The number of ether oxygens (including phenoxy) is 1. The molecule has 4 heteroatoms. The SMILES string of the molecule is CC(C)(C)OC(=O)N1CC[C@@H](N)[C@H](C2CC2)C1. The summed E-state index contributed by atoms with van der Waals surface area (Å²) in [5, 5.41) is 0. The monoisotopic (exact) mass is 240 g/mol. The van der Waals surface area contributed by atoms with Crippen LogP contribution >= 0.6 is 0 Å². The molecule has 1 amide bonds. The molecule has 1 saturated heterocycles. The third-order valence-electron chi connectivity index (χ3n) is 3.59. The Morgan fingerprint density at radius 3 is 2.47 bits per heavy atom. The fraction of sp³-hybridized carbons (Fsp3) is 0.923. The van der Waals surface area contributed by atoms with Crippen LogP contribution in [0, 0.1) is 11.8 Å². The predicted molar refractivity (Wildman–Crippen MR) is 66.6 cm³/mol. The van der Waals surface area contributed by atoms with Crippen LogP contribution in [0.3, 0.4) is 0 Å². The third-order valence-corrected chi connectivity index (χ3v) is 3.59. The fourth-order valence-corrected chi connectivity index (χ4v) is 2.52. The molecule has 1 heterocycles. The number of hydrogen-bond acceptors (Lipinski definition) is 3. The highest BCUT2D eigenvalue weighted by Crippen LogP contribution is 2.40. The van der Waals surface area contributed by atoms with E-state index in [1.807, 2.05) is 25.7 Å². The summed E-state index contributed by atoms with van der Waals surface area (Å²) in [7, 11) is 0. The van der Waals surface area contributed by atoms with Crippen molar-refractivity contribution in [2.45, 2.75) is 51.7 Å².